The van der Waals surface area contributed by atoms with Crippen molar-refractivity contribution in [3.63, 3.8) is 0 Å². The van der Waals surface area contributed by atoms with E-state index < -0.39 is 7.52 Å². The van der Waals surface area contributed by atoms with Crippen LogP contribution in [0.2, 0.25) is 0 Å². The molecule has 0 aromatic rings. The average molecular weight is 286 g/mol. The number of rotatable bonds is 5. The molecule has 4 nitrogen and oxygen atoms in total. The van der Waals surface area contributed by atoms with E-state index in [9.17, 15) is 9.83 Å². The summed E-state index contributed by atoms with van der Waals surface area (Å²) in [6.07, 6.45) is 6.49. The number of hydrogen-bond acceptors (Lipinski definition) is 3. The van der Waals surface area contributed by atoms with Crippen molar-refractivity contribution >= 4 is 7.52 Å². The lowest BCUT2D eigenvalue weighted by molar-refractivity contribution is 0.152. The molecule has 1 aliphatic carbocycles. The van der Waals surface area contributed by atoms with Gasteiger partial charge in [0.1, 0.15) is 0 Å². The largest absolute Gasteiger partial charge is 0.371 e. The van der Waals surface area contributed by atoms with E-state index in [2.05, 4.69) is 0 Å². The molecule has 1 saturated carbocycles. The molecule has 0 heterocycles. The fraction of sp³-hybridized carbons (Fsp3) is 0.929. The van der Waals surface area contributed by atoms with Crippen molar-refractivity contribution in [3.05, 3.63) is 0 Å². The van der Waals surface area contributed by atoms with Crippen LogP contribution >= 0.6 is 7.52 Å². The first-order chi connectivity index (χ1) is 8.90. The third kappa shape index (κ3) is 4.60. The van der Waals surface area contributed by atoms with Gasteiger partial charge in [-0.15, -0.1) is 0 Å². The second kappa shape index (κ2) is 7.43. The van der Waals surface area contributed by atoms with Gasteiger partial charge in [0.25, 0.3) is 0 Å². The summed E-state index contributed by atoms with van der Waals surface area (Å²) in [5.74, 6) is 1.97. The first-order valence-corrected chi connectivity index (χ1v) is 8.97. The Balaban J connectivity index is 2.84. The maximum Gasteiger partial charge on any atom is 0.371 e. The molecule has 0 aromatic heterocycles. The lowest BCUT2D eigenvalue weighted by Gasteiger charge is -2.34. The first-order valence-electron chi connectivity index (χ1n) is 7.39. The van der Waals surface area contributed by atoms with E-state index in [4.69, 9.17) is 4.52 Å². The van der Waals surface area contributed by atoms with Crippen LogP contribution in [0, 0.1) is 11.1 Å². The van der Waals surface area contributed by atoms with E-state index >= 15 is 0 Å². The van der Waals surface area contributed by atoms with Gasteiger partial charge in [-0.25, -0.2) is 4.67 Å². The maximum atomic E-state index is 12.9. The van der Waals surface area contributed by atoms with Crippen LogP contribution in [0.4, 0.5) is 0 Å². The molecular weight excluding hydrogens is 259 g/mol. The van der Waals surface area contributed by atoms with E-state index in [1.165, 1.54) is 12.8 Å². The molecule has 110 valence electrons. The van der Waals surface area contributed by atoms with E-state index in [0.29, 0.717) is 0 Å². The minimum absolute atomic E-state index is 0.0204. The molecule has 5 heteroatoms. The second-order valence-corrected chi connectivity index (χ2v) is 7.82. The molecule has 0 spiro atoms. The smallest absolute Gasteiger partial charge is 0.304 e. The highest BCUT2D eigenvalue weighted by Gasteiger charge is 2.38. The van der Waals surface area contributed by atoms with Crippen molar-refractivity contribution < 1.29 is 9.09 Å². The third-order valence-corrected chi connectivity index (χ3v) is 5.95. The Morgan fingerprint density at radius 3 is 1.95 bits per heavy atom. The minimum Gasteiger partial charge on any atom is -0.304 e. The van der Waals surface area contributed by atoms with Crippen molar-refractivity contribution in [1.29, 1.82) is 5.26 Å². The molecule has 0 radical (unpaired) electrons. The second-order valence-electron chi connectivity index (χ2n) is 5.91. The Kier molecular flexibility index (Phi) is 6.53. The van der Waals surface area contributed by atoms with Gasteiger partial charge in [-0.05, 0) is 40.5 Å². The molecule has 1 atom stereocenters. The highest BCUT2D eigenvalue weighted by atomic mass is 31.2. The van der Waals surface area contributed by atoms with E-state index in [0.717, 1.165) is 25.7 Å². The van der Waals surface area contributed by atoms with E-state index in [1.807, 2.05) is 33.5 Å². The topological polar surface area (TPSA) is 53.3 Å². The molecule has 1 rings (SSSR count). The van der Waals surface area contributed by atoms with Crippen LogP contribution in [0.3, 0.4) is 0 Å². The molecule has 0 amide bonds. The molecule has 1 fully saturated rings. The Morgan fingerprint density at radius 2 is 1.58 bits per heavy atom. The minimum atomic E-state index is -3.37. The zero-order valence-electron chi connectivity index (χ0n) is 12.6. The molecule has 1 unspecified atom stereocenters. The molecule has 0 N–H and O–H groups in total. The summed E-state index contributed by atoms with van der Waals surface area (Å²) in [6.45, 7) is 7.84. The summed E-state index contributed by atoms with van der Waals surface area (Å²) in [4.78, 5) is 0. The molecular formula is C14H27N2O2P. The van der Waals surface area contributed by atoms with Gasteiger partial charge in [-0.1, -0.05) is 25.7 Å². The normalized spacial score (nSPS) is 21.4. The van der Waals surface area contributed by atoms with Crippen molar-refractivity contribution in [1.82, 2.24) is 4.67 Å². The highest BCUT2D eigenvalue weighted by Crippen LogP contribution is 2.54. The van der Waals surface area contributed by atoms with Crippen molar-refractivity contribution in [2.75, 3.05) is 0 Å². The average Bonchev–Trinajstić information content (AvgIpc) is 2.56. The van der Waals surface area contributed by atoms with Crippen LogP contribution < -0.4 is 0 Å². The van der Waals surface area contributed by atoms with Crippen LogP contribution in [0.15, 0.2) is 0 Å². The van der Waals surface area contributed by atoms with Crippen molar-refractivity contribution in [2.24, 2.45) is 0 Å². The Morgan fingerprint density at radius 1 is 1.11 bits per heavy atom. The molecule has 1 aliphatic rings. The predicted molar refractivity (Wildman–Crippen MR) is 77.9 cm³/mol. The monoisotopic (exact) mass is 286 g/mol. The summed E-state index contributed by atoms with van der Waals surface area (Å²) < 4.78 is 20.4. The van der Waals surface area contributed by atoms with Gasteiger partial charge in [0.05, 0.1) is 6.10 Å². The third-order valence-electron chi connectivity index (χ3n) is 3.58. The van der Waals surface area contributed by atoms with Crippen LogP contribution in [0.5, 0.6) is 0 Å². The van der Waals surface area contributed by atoms with Gasteiger partial charge >= 0.3 is 7.52 Å². The quantitative estimate of drug-likeness (QED) is 0.551. The van der Waals surface area contributed by atoms with E-state index in [-0.39, 0.29) is 18.2 Å². The SMILES string of the molecule is CC(C)N(C(C)C)P(=O)(C#N)OC1CCCCCC1. The summed E-state index contributed by atoms with van der Waals surface area (Å²) >= 11 is 0. The molecule has 0 bridgehead atoms. The lowest BCUT2D eigenvalue weighted by Crippen LogP contribution is -2.35. The van der Waals surface area contributed by atoms with Crippen LogP contribution in [0.25, 0.3) is 0 Å². The highest BCUT2D eigenvalue weighted by molar-refractivity contribution is 7.61. The molecule has 0 aromatic carbocycles. The van der Waals surface area contributed by atoms with Gasteiger partial charge in [0, 0.05) is 12.1 Å². The molecule has 19 heavy (non-hydrogen) atoms. The van der Waals surface area contributed by atoms with Crippen LogP contribution in [0.1, 0.15) is 66.2 Å². The fourth-order valence-corrected chi connectivity index (χ4v) is 4.97. The van der Waals surface area contributed by atoms with Crippen LogP contribution in [-0.4, -0.2) is 22.9 Å². The number of hydrogen-bond donors (Lipinski definition) is 0. The summed E-state index contributed by atoms with van der Waals surface area (Å²) in [6, 6.07) is 0.0764. The van der Waals surface area contributed by atoms with Gasteiger partial charge < -0.3 is 4.52 Å². The van der Waals surface area contributed by atoms with Crippen LogP contribution in [-0.2, 0) is 9.09 Å². The molecule has 0 aliphatic heterocycles. The summed E-state index contributed by atoms with van der Waals surface area (Å²) in [5, 5.41) is 9.37. The van der Waals surface area contributed by atoms with E-state index in [1.54, 1.807) is 4.67 Å². The van der Waals surface area contributed by atoms with Crippen molar-refractivity contribution in [2.45, 2.75) is 84.4 Å². The Labute approximate surface area is 117 Å². The maximum absolute atomic E-state index is 12.9. The van der Waals surface area contributed by atoms with Gasteiger partial charge in [-0.2, -0.15) is 5.26 Å². The zero-order valence-corrected chi connectivity index (χ0v) is 13.5. The zero-order chi connectivity index (χ0) is 14.5. The Bertz CT molecular complexity index is 347. The van der Waals surface area contributed by atoms with Gasteiger partial charge in [-0.3, -0.25) is 4.57 Å². The van der Waals surface area contributed by atoms with Gasteiger partial charge in [0.2, 0.25) is 0 Å². The standard InChI is InChI=1S/C14H27N2O2P/c1-12(2)16(13(3)4)19(17,11-15)18-14-9-7-5-6-8-10-14/h12-14H,5-10H2,1-4H3. The Hall–Kier alpha value is -0.360. The summed E-state index contributed by atoms with van der Waals surface area (Å²) in [7, 11) is -3.37. The summed E-state index contributed by atoms with van der Waals surface area (Å²) in [5.41, 5.74) is 0. The number of nitriles is 1. The van der Waals surface area contributed by atoms with Gasteiger partial charge in [0.15, 0.2) is 5.81 Å². The molecule has 0 saturated heterocycles. The lowest BCUT2D eigenvalue weighted by atomic mass is 10.2. The fourth-order valence-electron chi connectivity index (χ4n) is 2.88. The predicted octanol–water partition coefficient (Wildman–Crippen LogP) is 4.52. The number of nitrogens with zero attached hydrogens (tertiary/aromatic N) is 2. The first kappa shape index (κ1) is 16.7. The van der Waals surface area contributed by atoms with Crippen molar-refractivity contribution in [3.8, 4) is 5.81 Å².